The van der Waals surface area contributed by atoms with Gasteiger partial charge >= 0.3 is 12.9 Å². The molecule has 1 nitrogen and oxygen atoms in total. The Kier molecular flexibility index (Phi) is 16.1. The van der Waals surface area contributed by atoms with E-state index in [1.54, 1.807) is 12.1 Å². The highest BCUT2D eigenvalue weighted by molar-refractivity contribution is 7.69. The first-order chi connectivity index (χ1) is 14.3. The molecule has 0 aliphatic rings. The minimum Gasteiger partial charge on any atom is -0.389 e. The van der Waals surface area contributed by atoms with Crippen LogP contribution in [-0.4, -0.2) is 19.5 Å². The van der Waals surface area contributed by atoms with Crippen molar-refractivity contribution in [3.8, 4) is 0 Å². The molecular formula is C22H37Cl5OSi2. The van der Waals surface area contributed by atoms with Gasteiger partial charge in [0.15, 0.2) is 0 Å². The first kappa shape index (κ1) is 29.1. The van der Waals surface area contributed by atoms with Gasteiger partial charge < -0.3 is 4.43 Å². The van der Waals surface area contributed by atoms with Crippen molar-refractivity contribution in [2.75, 3.05) is 6.61 Å². The molecule has 0 saturated carbocycles. The van der Waals surface area contributed by atoms with Gasteiger partial charge in [0, 0.05) is 6.61 Å². The fourth-order valence-corrected chi connectivity index (χ4v) is 7.45. The summed E-state index contributed by atoms with van der Waals surface area (Å²) in [5, 5.41) is 1.52. The molecule has 0 heterocycles. The van der Waals surface area contributed by atoms with Crippen molar-refractivity contribution in [1.29, 1.82) is 0 Å². The quantitative estimate of drug-likeness (QED) is 0.101. The van der Waals surface area contributed by atoms with Gasteiger partial charge in [-0.3, -0.25) is 0 Å². The van der Waals surface area contributed by atoms with Crippen LogP contribution in [0.2, 0.25) is 0 Å². The second kappa shape index (κ2) is 16.6. The van der Waals surface area contributed by atoms with Crippen molar-refractivity contribution in [2.45, 2.75) is 96.8 Å². The average molecular weight is 551 g/mol. The van der Waals surface area contributed by atoms with Crippen molar-refractivity contribution in [3.05, 3.63) is 24.3 Å². The predicted molar refractivity (Wildman–Crippen MR) is 143 cm³/mol. The van der Waals surface area contributed by atoms with Crippen molar-refractivity contribution < 1.29 is 4.43 Å². The van der Waals surface area contributed by atoms with E-state index in [-0.39, 0.29) is 0 Å². The Morgan fingerprint density at radius 3 is 1.33 bits per heavy atom. The first-order valence-electron chi connectivity index (χ1n) is 11.5. The molecule has 0 unspecified atom stereocenters. The van der Waals surface area contributed by atoms with Crippen LogP contribution in [0.1, 0.15) is 96.8 Å². The third-order valence-corrected chi connectivity index (χ3v) is 11.8. The van der Waals surface area contributed by atoms with E-state index in [4.69, 9.17) is 59.8 Å². The van der Waals surface area contributed by atoms with E-state index < -0.39 is 12.9 Å². The molecule has 30 heavy (non-hydrogen) atoms. The minimum absolute atomic E-state index is 0.595. The molecule has 0 aliphatic heterocycles. The lowest BCUT2D eigenvalue weighted by atomic mass is 10.0. The Morgan fingerprint density at radius 2 is 0.933 bits per heavy atom. The third-order valence-electron chi connectivity index (χ3n) is 5.33. The van der Waals surface area contributed by atoms with E-state index in [0.29, 0.717) is 6.61 Å². The maximum Gasteiger partial charge on any atom is 0.423 e. The fraction of sp³-hybridized carbons (Fsp3) is 0.727. The van der Waals surface area contributed by atoms with E-state index in [9.17, 15) is 0 Å². The largest absolute Gasteiger partial charge is 0.423 e. The fourth-order valence-electron chi connectivity index (χ4n) is 3.43. The lowest BCUT2D eigenvalue weighted by Gasteiger charge is -2.18. The van der Waals surface area contributed by atoms with Gasteiger partial charge in [0.05, 0.1) is 0 Å². The van der Waals surface area contributed by atoms with Crippen LogP contribution in [0, 0.1) is 0 Å². The topological polar surface area (TPSA) is 9.23 Å². The van der Waals surface area contributed by atoms with E-state index >= 15 is 0 Å². The molecule has 0 aliphatic carbocycles. The monoisotopic (exact) mass is 548 g/mol. The highest BCUT2D eigenvalue weighted by Gasteiger charge is 2.35. The average Bonchev–Trinajstić information content (AvgIpc) is 2.70. The Morgan fingerprint density at radius 1 is 0.567 bits per heavy atom. The smallest absolute Gasteiger partial charge is 0.389 e. The number of hydrogen-bond acceptors (Lipinski definition) is 1. The lowest BCUT2D eigenvalue weighted by Crippen LogP contribution is -2.42. The zero-order valence-electron chi connectivity index (χ0n) is 18.2. The molecule has 1 rings (SSSR count). The van der Waals surface area contributed by atoms with E-state index in [2.05, 4.69) is 6.92 Å². The normalized spacial score (nSPS) is 12.5. The maximum atomic E-state index is 6.48. The van der Waals surface area contributed by atoms with Crippen LogP contribution in [-0.2, 0) is 4.43 Å². The summed E-state index contributed by atoms with van der Waals surface area (Å²) in [6.07, 6.45) is 18.6. The van der Waals surface area contributed by atoms with Crippen molar-refractivity contribution in [2.24, 2.45) is 0 Å². The molecule has 0 spiro atoms. The summed E-state index contributed by atoms with van der Waals surface area (Å²) in [7, 11) is 0. The predicted octanol–water partition coefficient (Wildman–Crippen LogP) is 8.67. The van der Waals surface area contributed by atoms with Crippen molar-refractivity contribution in [3.63, 3.8) is 0 Å². The van der Waals surface area contributed by atoms with Crippen LogP contribution < -0.4 is 10.4 Å². The zero-order chi connectivity index (χ0) is 22.3. The number of unbranched alkanes of at least 4 members (excludes halogenated alkanes) is 13. The van der Waals surface area contributed by atoms with Crippen LogP contribution >= 0.6 is 55.4 Å². The van der Waals surface area contributed by atoms with Crippen molar-refractivity contribution >= 4 is 78.7 Å². The number of hydrogen-bond donors (Lipinski definition) is 0. The second-order valence-corrected chi connectivity index (χ2v) is 22.1. The van der Waals surface area contributed by atoms with Crippen molar-refractivity contribution in [1.82, 2.24) is 0 Å². The van der Waals surface area contributed by atoms with Gasteiger partial charge in [-0.1, -0.05) is 115 Å². The highest BCUT2D eigenvalue weighted by atomic mass is 35.8. The summed E-state index contributed by atoms with van der Waals surface area (Å²) in [5.41, 5.74) is 0. The SMILES string of the molecule is CCCCCCCCCCCCCCCCO[Si](Cl)(Cl)c1ccc([Si](Cl)(Cl)Cl)cc1. The molecule has 0 N–H and O–H groups in total. The molecule has 0 aromatic heterocycles. The molecular weight excluding hydrogens is 514 g/mol. The summed E-state index contributed by atoms with van der Waals surface area (Å²) < 4.78 is 5.83. The molecule has 0 saturated heterocycles. The number of rotatable bonds is 18. The molecule has 174 valence electrons. The first-order valence-corrected chi connectivity index (χ1v) is 20.4. The van der Waals surface area contributed by atoms with Gasteiger partial charge in [-0.25, -0.2) is 0 Å². The van der Waals surface area contributed by atoms with E-state index in [1.807, 2.05) is 12.1 Å². The number of halogens is 5. The van der Waals surface area contributed by atoms with E-state index in [0.717, 1.165) is 23.2 Å². The van der Waals surface area contributed by atoms with Gasteiger partial charge in [-0.2, -0.15) is 0 Å². The van der Waals surface area contributed by atoms with Gasteiger partial charge in [0.2, 0.25) is 0 Å². The molecule has 1 aromatic carbocycles. The van der Waals surface area contributed by atoms with Gasteiger partial charge in [0.25, 0.3) is 0 Å². The summed E-state index contributed by atoms with van der Waals surface area (Å²) in [6, 6.07) is 4.35. The molecule has 0 radical (unpaired) electrons. The van der Waals surface area contributed by atoms with Gasteiger partial charge in [0.1, 0.15) is 0 Å². The lowest BCUT2D eigenvalue weighted by molar-refractivity contribution is 0.316. The van der Waals surface area contributed by atoms with Crippen LogP contribution in [0.5, 0.6) is 0 Å². The Balaban J connectivity index is 2.02. The number of benzene rings is 1. The maximum absolute atomic E-state index is 6.48. The summed E-state index contributed by atoms with van der Waals surface area (Å²) in [4.78, 5) is 0. The molecule has 0 atom stereocenters. The zero-order valence-corrected chi connectivity index (χ0v) is 24.0. The standard InChI is InChI=1S/C22H37Cl5OSi2/c1-2-3-4-5-6-7-8-9-10-11-12-13-14-15-20-28-30(26,27)22-18-16-21(17-19-22)29(23,24)25/h16-19H,2-15,20H2,1H3. The Hall–Kier alpha value is 1.06. The minimum atomic E-state index is -2.94. The van der Waals surface area contributed by atoms with Crippen LogP contribution in [0.15, 0.2) is 24.3 Å². The van der Waals surface area contributed by atoms with Crippen LogP contribution in [0.4, 0.5) is 0 Å². The molecule has 0 fully saturated rings. The van der Waals surface area contributed by atoms with E-state index in [1.165, 1.54) is 77.0 Å². The Bertz CT molecular complexity index is 549. The van der Waals surface area contributed by atoms with Crippen LogP contribution in [0.25, 0.3) is 0 Å². The third kappa shape index (κ3) is 13.6. The van der Waals surface area contributed by atoms with Gasteiger partial charge in [-0.05, 0) is 16.8 Å². The Labute approximate surface area is 209 Å². The molecule has 0 amide bonds. The molecule has 8 heteroatoms. The molecule has 0 bridgehead atoms. The summed E-state index contributed by atoms with van der Waals surface area (Å²) >= 11 is 31.0. The highest BCUT2D eigenvalue weighted by Crippen LogP contribution is 2.21. The van der Waals surface area contributed by atoms with Crippen LogP contribution in [0.3, 0.4) is 0 Å². The summed E-state index contributed by atoms with van der Waals surface area (Å²) in [5.74, 6) is 0. The van der Waals surface area contributed by atoms with Gasteiger partial charge in [-0.15, -0.1) is 55.4 Å². The second-order valence-electron chi connectivity index (χ2n) is 8.04. The summed E-state index contributed by atoms with van der Waals surface area (Å²) in [6.45, 7) is -0.0680. The molecule has 1 aromatic rings.